The lowest BCUT2D eigenvalue weighted by Gasteiger charge is -2.37. The third kappa shape index (κ3) is 4.43. The van der Waals surface area contributed by atoms with E-state index in [1.165, 1.54) is 0 Å². The molecule has 2 amide bonds. The van der Waals surface area contributed by atoms with Gasteiger partial charge in [-0.05, 0) is 38.8 Å². The Kier molecular flexibility index (Phi) is 5.76. The molecule has 0 atom stereocenters. The summed E-state index contributed by atoms with van der Waals surface area (Å²) in [6.45, 7) is 4.59. The minimum absolute atomic E-state index is 0.0609. The highest BCUT2D eigenvalue weighted by molar-refractivity contribution is 5.97. The first-order valence-corrected chi connectivity index (χ1v) is 10.5. The number of piperazine rings is 1. The van der Waals surface area contributed by atoms with Gasteiger partial charge in [0, 0.05) is 43.6 Å². The van der Waals surface area contributed by atoms with Crippen LogP contribution >= 0.6 is 0 Å². The molecule has 150 valence electrons. The second kappa shape index (κ2) is 8.43. The van der Waals surface area contributed by atoms with Gasteiger partial charge in [0.15, 0.2) is 5.78 Å². The Balaban J connectivity index is 1.20. The van der Waals surface area contributed by atoms with Gasteiger partial charge in [0.25, 0.3) is 0 Å². The van der Waals surface area contributed by atoms with Crippen molar-refractivity contribution in [2.45, 2.75) is 25.7 Å². The Labute approximate surface area is 166 Å². The van der Waals surface area contributed by atoms with Gasteiger partial charge in [-0.1, -0.05) is 30.3 Å². The number of rotatable bonds is 5. The summed E-state index contributed by atoms with van der Waals surface area (Å²) in [7, 11) is 0. The lowest BCUT2D eigenvalue weighted by Crippen LogP contribution is -2.53. The topological polar surface area (TPSA) is 60.9 Å². The highest BCUT2D eigenvalue weighted by Gasteiger charge is 2.35. The van der Waals surface area contributed by atoms with Crippen LogP contribution in [0.2, 0.25) is 0 Å². The summed E-state index contributed by atoms with van der Waals surface area (Å²) < 4.78 is 0. The molecule has 1 aromatic carbocycles. The van der Waals surface area contributed by atoms with Gasteiger partial charge in [-0.2, -0.15) is 0 Å². The van der Waals surface area contributed by atoms with Gasteiger partial charge in [0.2, 0.25) is 11.8 Å². The summed E-state index contributed by atoms with van der Waals surface area (Å²) in [6, 6.07) is 9.49. The number of piperidine rings is 1. The second-order valence-corrected chi connectivity index (χ2v) is 8.26. The van der Waals surface area contributed by atoms with E-state index in [2.05, 4.69) is 4.90 Å². The molecule has 0 spiro atoms. The van der Waals surface area contributed by atoms with Crippen LogP contribution in [-0.4, -0.2) is 78.1 Å². The normalized spacial score (nSPS) is 21.6. The fourth-order valence-electron chi connectivity index (χ4n) is 4.25. The van der Waals surface area contributed by atoms with E-state index in [9.17, 15) is 14.4 Å². The van der Waals surface area contributed by atoms with Crippen LogP contribution in [0, 0.1) is 11.8 Å². The van der Waals surface area contributed by atoms with Gasteiger partial charge >= 0.3 is 0 Å². The number of carbonyl (C=O) groups is 3. The predicted octanol–water partition coefficient (Wildman–Crippen LogP) is 1.66. The molecule has 28 heavy (non-hydrogen) atoms. The van der Waals surface area contributed by atoms with Gasteiger partial charge in [-0.15, -0.1) is 0 Å². The number of likely N-dealkylation sites (tertiary alicyclic amines) is 1. The van der Waals surface area contributed by atoms with Crippen molar-refractivity contribution in [3.8, 4) is 0 Å². The second-order valence-electron chi connectivity index (χ2n) is 8.26. The van der Waals surface area contributed by atoms with E-state index in [1.807, 2.05) is 40.1 Å². The molecule has 0 N–H and O–H groups in total. The third-order valence-electron chi connectivity index (χ3n) is 6.25. The lowest BCUT2D eigenvalue weighted by atomic mass is 9.89. The van der Waals surface area contributed by atoms with Crippen molar-refractivity contribution in [2.75, 3.05) is 45.8 Å². The Bertz CT molecular complexity index is 716. The maximum atomic E-state index is 12.6. The van der Waals surface area contributed by atoms with Crippen molar-refractivity contribution in [1.82, 2.24) is 14.7 Å². The molecule has 0 bridgehead atoms. The van der Waals surface area contributed by atoms with Gasteiger partial charge < -0.3 is 9.80 Å². The number of Topliss-reactive ketones (excluding diaryl/α,β-unsaturated/α-hetero) is 1. The largest absolute Gasteiger partial charge is 0.339 e. The quantitative estimate of drug-likeness (QED) is 0.726. The molecule has 4 rings (SSSR count). The average molecular weight is 383 g/mol. The van der Waals surface area contributed by atoms with Crippen LogP contribution < -0.4 is 0 Å². The highest BCUT2D eigenvalue weighted by Crippen LogP contribution is 2.31. The first-order chi connectivity index (χ1) is 13.6. The lowest BCUT2D eigenvalue weighted by molar-refractivity contribution is -0.141. The van der Waals surface area contributed by atoms with E-state index >= 15 is 0 Å². The monoisotopic (exact) mass is 383 g/mol. The molecular weight excluding hydrogens is 354 g/mol. The molecule has 1 aromatic rings. The summed E-state index contributed by atoms with van der Waals surface area (Å²) in [6.07, 6.45) is 3.68. The SMILES string of the molecule is O=C(c1ccccc1)C1CCN(CC(=O)N2CCN(C(=O)C3CC3)CC2)CC1. The van der Waals surface area contributed by atoms with Crippen LogP contribution in [0.3, 0.4) is 0 Å². The van der Waals surface area contributed by atoms with Crippen LogP contribution in [0.4, 0.5) is 0 Å². The van der Waals surface area contributed by atoms with Crippen LogP contribution in [0.15, 0.2) is 30.3 Å². The number of hydrogen-bond donors (Lipinski definition) is 0. The summed E-state index contributed by atoms with van der Waals surface area (Å²) in [5.41, 5.74) is 0.788. The summed E-state index contributed by atoms with van der Waals surface area (Å²) in [5.74, 6) is 0.958. The zero-order valence-corrected chi connectivity index (χ0v) is 16.4. The van der Waals surface area contributed by atoms with Gasteiger partial charge in [0.05, 0.1) is 6.54 Å². The molecule has 1 aliphatic carbocycles. The van der Waals surface area contributed by atoms with Crippen LogP contribution in [0.5, 0.6) is 0 Å². The maximum Gasteiger partial charge on any atom is 0.236 e. The first kappa shape index (κ1) is 19.1. The Morgan fingerprint density at radius 3 is 1.96 bits per heavy atom. The Morgan fingerprint density at radius 2 is 1.36 bits per heavy atom. The molecule has 6 nitrogen and oxygen atoms in total. The van der Waals surface area contributed by atoms with E-state index in [-0.39, 0.29) is 29.4 Å². The van der Waals surface area contributed by atoms with Crippen LogP contribution in [-0.2, 0) is 9.59 Å². The summed E-state index contributed by atoms with van der Waals surface area (Å²) in [5, 5.41) is 0. The molecule has 0 aromatic heterocycles. The first-order valence-electron chi connectivity index (χ1n) is 10.5. The number of carbonyl (C=O) groups excluding carboxylic acids is 3. The smallest absolute Gasteiger partial charge is 0.236 e. The average Bonchev–Trinajstić information content (AvgIpc) is 3.59. The zero-order chi connectivity index (χ0) is 19.5. The molecule has 3 aliphatic rings. The minimum atomic E-state index is 0.0609. The van der Waals surface area contributed by atoms with Gasteiger partial charge in [0.1, 0.15) is 0 Å². The minimum Gasteiger partial charge on any atom is -0.339 e. The zero-order valence-electron chi connectivity index (χ0n) is 16.4. The number of hydrogen-bond acceptors (Lipinski definition) is 4. The van der Waals surface area contributed by atoms with Crippen LogP contribution in [0.1, 0.15) is 36.0 Å². The fraction of sp³-hybridized carbons (Fsp3) is 0.591. The van der Waals surface area contributed by atoms with E-state index in [0.29, 0.717) is 32.7 Å². The summed E-state index contributed by atoms with van der Waals surface area (Å²) in [4.78, 5) is 43.3. The molecule has 0 radical (unpaired) electrons. The van der Waals surface area contributed by atoms with Gasteiger partial charge in [-0.3, -0.25) is 19.3 Å². The highest BCUT2D eigenvalue weighted by atomic mass is 16.2. The molecule has 2 saturated heterocycles. The van der Waals surface area contributed by atoms with E-state index in [4.69, 9.17) is 0 Å². The van der Waals surface area contributed by atoms with E-state index < -0.39 is 0 Å². The van der Waals surface area contributed by atoms with E-state index in [1.54, 1.807) is 0 Å². The maximum absolute atomic E-state index is 12.6. The number of amides is 2. The fourth-order valence-corrected chi connectivity index (χ4v) is 4.25. The van der Waals surface area contributed by atoms with Crippen molar-refractivity contribution >= 4 is 17.6 Å². The summed E-state index contributed by atoms with van der Waals surface area (Å²) >= 11 is 0. The van der Waals surface area contributed by atoms with E-state index in [0.717, 1.165) is 44.3 Å². The molecular formula is C22H29N3O3. The van der Waals surface area contributed by atoms with Crippen molar-refractivity contribution in [1.29, 1.82) is 0 Å². The van der Waals surface area contributed by atoms with Crippen molar-refractivity contribution in [3.05, 3.63) is 35.9 Å². The molecule has 2 aliphatic heterocycles. The van der Waals surface area contributed by atoms with Crippen molar-refractivity contribution < 1.29 is 14.4 Å². The molecule has 2 heterocycles. The third-order valence-corrected chi connectivity index (χ3v) is 6.25. The standard InChI is InChI=1S/C22H29N3O3/c26-20(24-12-14-25(15-13-24)22(28)19-6-7-19)16-23-10-8-18(9-11-23)21(27)17-4-2-1-3-5-17/h1-5,18-19H,6-16H2. The molecule has 0 unspecified atom stereocenters. The number of nitrogens with zero attached hydrogens (tertiary/aromatic N) is 3. The predicted molar refractivity (Wildman–Crippen MR) is 106 cm³/mol. The number of benzene rings is 1. The van der Waals surface area contributed by atoms with Crippen LogP contribution in [0.25, 0.3) is 0 Å². The van der Waals surface area contributed by atoms with Gasteiger partial charge in [-0.25, -0.2) is 0 Å². The molecule has 3 fully saturated rings. The molecule has 6 heteroatoms. The number of ketones is 1. The van der Waals surface area contributed by atoms with Crippen molar-refractivity contribution in [3.63, 3.8) is 0 Å². The molecule has 1 saturated carbocycles. The van der Waals surface area contributed by atoms with Crippen molar-refractivity contribution in [2.24, 2.45) is 11.8 Å². The Morgan fingerprint density at radius 1 is 0.750 bits per heavy atom. The Hall–Kier alpha value is -2.21.